The molecule has 0 spiro atoms. The molecule has 104 valence electrons. The van der Waals surface area contributed by atoms with Crippen LogP contribution < -0.4 is 14.2 Å². The van der Waals surface area contributed by atoms with E-state index in [1.54, 1.807) is 6.07 Å². The summed E-state index contributed by atoms with van der Waals surface area (Å²) in [7, 11) is 0. The van der Waals surface area contributed by atoms with Gasteiger partial charge >= 0.3 is 0 Å². The second-order valence-electron chi connectivity index (χ2n) is 4.25. The predicted octanol–water partition coefficient (Wildman–Crippen LogP) is 2.54. The van der Waals surface area contributed by atoms with E-state index in [1.165, 1.54) is 6.20 Å². The Balaban J connectivity index is 1.70. The first kappa shape index (κ1) is 13.0. The van der Waals surface area contributed by atoms with Gasteiger partial charge in [0.15, 0.2) is 11.5 Å². The lowest BCUT2D eigenvalue weighted by Gasteiger charge is -2.08. The molecule has 20 heavy (non-hydrogen) atoms. The van der Waals surface area contributed by atoms with Crippen molar-refractivity contribution in [3.63, 3.8) is 0 Å². The van der Waals surface area contributed by atoms with Crippen molar-refractivity contribution in [1.82, 2.24) is 4.98 Å². The lowest BCUT2D eigenvalue weighted by molar-refractivity contribution is 0.174. The minimum Gasteiger partial charge on any atom is -0.473 e. The van der Waals surface area contributed by atoms with E-state index < -0.39 is 0 Å². The fourth-order valence-electron chi connectivity index (χ4n) is 1.85. The van der Waals surface area contributed by atoms with Crippen molar-refractivity contribution in [3.05, 3.63) is 46.6 Å². The molecular formula is C14H12ClNO4. The topological polar surface area (TPSA) is 60.8 Å². The number of aromatic nitrogens is 1. The summed E-state index contributed by atoms with van der Waals surface area (Å²) in [6.45, 7) is 0.441. The van der Waals surface area contributed by atoms with Crippen LogP contribution in [0.2, 0.25) is 5.02 Å². The van der Waals surface area contributed by atoms with Crippen LogP contribution in [0.25, 0.3) is 0 Å². The first-order chi connectivity index (χ1) is 9.76. The summed E-state index contributed by atoms with van der Waals surface area (Å²) in [5, 5.41) is 9.56. The first-order valence-corrected chi connectivity index (χ1v) is 6.40. The maximum atomic E-state index is 9.14. The van der Waals surface area contributed by atoms with E-state index in [0.717, 1.165) is 11.3 Å². The van der Waals surface area contributed by atoms with Crippen LogP contribution in [-0.2, 0) is 13.2 Å². The molecule has 1 aromatic carbocycles. The van der Waals surface area contributed by atoms with Crippen molar-refractivity contribution in [3.8, 4) is 17.4 Å². The van der Waals surface area contributed by atoms with Crippen LogP contribution in [0.4, 0.5) is 0 Å². The second kappa shape index (κ2) is 5.56. The van der Waals surface area contributed by atoms with Gasteiger partial charge < -0.3 is 19.3 Å². The minimum absolute atomic E-state index is 0.151. The molecule has 1 aliphatic heterocycles. The van der Waals surface area contributed by atoms with Gasteiger partial charge in [-0.2, -0.15) is 0 Å². The van der Waals surface area contributed by atoms with E-state index in [1.807, 2.05) is 18.2 Å². The van der Waals surface area contributed by atoms with Crippen LogP contribution in [-0.4, -0.2) is 16.9 Å². The number of hydrogen-bond acceptors (Lipinski definition) is 5. The van der Waals surface area contributed by atoms with Crippen LogP contribution in [0.3, 0.4) is 0 Å². The summed E-state index contributed by atoms with van der Waals surface area (Å²) in [5.41, 5.74) is 1.53. The normalized spacial score (nSPS) is 12.5. The van der Waals surface area contributed by atoms with Gasteiger partial charge in [0.05, 0.1) is 11.6 Å². The minimum atomic E-state index is -0.151. The molecule has 2 aromatic rings. The van der Waals surface area contributed by atoms with E-state index in [9.17, 15) is 0 Å². The summed E-state index contributed by atoms with van der Waals surface area (Å²) in [6.07, 6.45) is 1.46. The Bertz CT molecular complexity index is 622. The number of aliphatic hydroxyl groups excluding tert-OH is 1. The third-order valence-electron chi connectivity index (χ3n) is 2.90. The van der Waals surface area contributed by atoms with E-state index in [0.29, 0.717) is 28.8 Å². The van der Waals surface area contributed by atoms with Gasteiger partial charge in [0.1, 0.15) is 6.61 Å². The molecule has 0 radical (unpaired) electrons. The Hall–Kier alpha value is -1.98. The van der Waals surface area contributed by atoms with Crippen LogP contribution in [0, 0.1) is 0 Å². The third-order valence-corrected chi connectivity index (χ3v) is 3.24. The van der Waals surface area contributed by atoms with E-state index >= 15 is 0 Å². The van der Waals surface area contributed by atoms with Gasteiger partial charge in [-0.1, -0.05) is 17.7 Å². The molecule has 0 saturated carbocycles. The Morgan fingerprint density at radius 3 is 2.95 bits per heavy atom. The standard InChI is InChI=1S/C14H12ClNO4/c15-11-5-16-14(4-10(11)6-17)18-7-9-1-2-12-13(3-9)20-8-19-12/h1-5,17H,6-8H2. The van der Waals surface area contributed by atoms with E-state index in [2.05, 4.69) is 4.98 Å². The number of halogens is 1. The molecule has 2 heterocycles. The number of benzene rings is 1. The average molecular weight is 294 g/mol. The van der Waals surface area contributed by atoms with Crippen LogP contribution >= 0.6 is 11.6 Å². The van der Waals surface area contributed by atoms with Gasteiger partial charge in [-0.05, 0) is 17.7 Å². The first-order valence-electron chi connectivity index (χ1n) is 6.03. The molecule has 0 saturated heterocycles. The molecule has 0 amide bonds. The summed E-state index contributed by atoms with van der Waals surface area (Å²) < 4.78 is 16.1. The van der Waals surface area contributed by atoms with E-state index in [4.69, 9.17) is 30.9 Å². The fourth-order valence-corrected chi connectivity index (χ4v) is 2.01. The van der Waals surface area contributed by atoms with Gasteiger partial charge in [-0.15, -0.1) is 0 Å². The monoisotopic (exact) mass is 293 g/mol. The zero-order valence-corrected chi connectivity index (χ0v) is 11.3. The Labute approximate surface area is 120 Å². The zero-order valence-electron chi connectivity index (χ0n) is 10.5. The van der Waals surface area contributed by atoms with Gasteiger partial charge in [-0.25, -0.2) is 4.98 Å². The smallest absolute Gasteiger partial charge is 0.231 e. The van der Waals surface area contributed by atoms with Crippen molar-refractivity contribution < 1.29 is 19.3 Å². The van der Waals surface area contributed by atoms with Crippen molar-refractivity contribution in [2.45, 2.75) is 13.2 Å². The van der Waals surface area contributed by atoms with E-state index in [-0.39, 0.29) is 13.4 Å². The molecule has 5 nitrogen and oxygen atoms in total. The van der Waals surface area contributed by atoms with Crippen molar-refractivity contribution in [1.29, 1.82) is 0 Å². The third kappa shape index (κ3) is 2.64. The number of aliphatic hydroxyl groups is 1. The summed E-state index contributed by atoms with van der Waals surface area (Å²) >= 11 is 5.87. The van der Waals surface area contributed by atoms with Crippen molar-refractivity contribution >= 4 is 11.6 Å². The van der Waals surface area contributed by atoms with Gasteiger partial charge in [0.25, 0.3) is 0 Å². The molecule has 0 atom stereocenters. The molecule has 3 rings (SSSR count). The maximum absolute atomic E-state index is 9.14. The Morgan fingerprint density at radius 1 is 1.25 bits per heavy atom. The number of nitrogens with zero attached hydrogens (tertiary/aromatic N) is 1. The number of rotatable bonds is 4. The van der Waals surface area contributed by atoms with Crippen LogP contribution in [0.1, 0.15) is 11.1 Å². The molecule has 1 aliphatic rings. The lowest BCUT2D eigenvalue weighted by atomic mass is 10.2. The summed E-state index contributed by atoms with van der Waals surface area (Å²) in [6, 6.07) is 7.23. The van der Waals surface area contributed by atoms with Crippen molar-refractivity contribution in [2.24, 2.45) is 0 Å². The Morgan fingerprint density at radius 2 is 2.10 bits per heavy atom. The summed E-state index contributed by atoms with van der Waals surface area (Å²) in [4.78, 5) is 4.05. The molecule has 0 unspecified atom stereocenters. The number of ether oxygens (including phenoxy) is 3. The molecule has 1 aromatic heterocycles. The largest absolute Gasteiger partial charge is 0.473 e. The number of hydrogen-bond donors (Lipinski definition) is 1. The highest BCUT2D eigenvalue weighted by Gasteiger charge is 2.13. The lowest BCUT2D eigenvalue weighted by Crippen LogP contribution is -1.98. The number of pyridine rings is 1. The quantitative estimate of drug-likeness (QED) is 0.938. The molecular weight excluding hydrogens is 282 g/mol. The molecule has 0 fully saturated rings. The van der Waals surface area contributed by atoms with Crippen molar-refractivity contribution in [2.75, 3.05) is 6.79 Å². The van der Waals surface area contributed by atoms with Crippen LogP contribution in [0.15, 0.2) is 30.5 Å². The van der Waals surface area contributed by atoms with Crippen LogP contribution in [0.5, 0.6) is 17.4 Å². The van der Waals surface area contributed by atoms with Gasteiger partial charge in [0, 0.05) is 17.8 Å². The van der Waals surface area contributed by atoms with Gasteiger partial charge in [-0.3, -0.25) is 0 Å². The molecule has 0 aliphatic carbocycles. The fraction of sp³-hybridized carbons (Fsp3) is 0.214. The Kier molecular flexibility index (Phi) is 3.62. The summed E-state index contributed by atoms with van der Waals surface area (Å²) in [5.74, 6) is 1.86. The molecule has 6 heteroatoms. The highest BCUT2D eigenvalue weighted by atomic mass is 35.5. The predicted molar refractivity (Wildman–Crippen MR) is 72.1 cm³/mol. The van der Waals surface area contributed by atoms with Gasteiger partial charge in [0.2, 0.25) is 12.7 Å². The number of fused-ring (bicyclic) bond motifs is 1. The highest BCUT2D eigenvalue weighted by Crippen LogP contribution is 2.32. The maximum Gasteiger partial charge on any atom is 0.231 e. The molecule has 0 bridgehead atoms. The molecule has 1 N–H and O–H groups in total. The zero-order chi connectivity index (χ0) is 13.9. The average Bonchev–Trinajstić information content (AvgIpc) is 2.94. The second-order valence-corrected chi connectivity index (χ2v) is 4.66. The highest BCUT2D eigenvalue weighted by molar-refractivity contribution is 6.31. The SMILES string of the molecule is OCc1cc(OCc2ccc3c(c2)OCO3)ncc1Cl.